The van der Waals surface area contributed by atoms with E-state index in [0.29, 0.717) is 53.3 Å². The quantitative estimate of drug-likeness (QED) is 0.581. The molecule has 162 valence electrons. The van der Waals surface area contributed by atoms with Gasteiger partial charge in [0.1, 0.15) is 11.3 Å². The largest absolute Gasteiger partial charge is 0.493 e. The van der Waals surface area contributed by atoms with Crippen LogP contribution in [0.2, 0.25) is 0 Å². The first kappa shape index (κ1) is 20.8. The molecule has 1 aliphatic heterocycles. The Labute approximate surface area is 180 Å². The monoisotopic (exact) mass is 423 g/mol. The van der Waals surface area contributed by atoms with E-state index in [1.807, 2.05) is 26.0 Å². The van der Waals surface area contributed by atoms with Crippen LogP contribution in [0.1, 0.15) is 35.3 Å². The fourth-order valence-corrected chi connectivity index (χ4v) is 3.89. The van der Waals surface area contributed by atoms with Crippen molar-refractivity contribution < 1.29 is 23.4 Å². The molecule has 0 fully saturated rings. The number of fused-ring (bicyclic) bond motifs is 2. The molecular formula is C24H25NO6. The average molecular weight is 423 g/mol. The molecule has 2 aromatic carbocycles. The molecule has 1 amide bonds. The highest BCUT2D eigenvalue weighted by Gasteiger charge is 2.25. The van der Waals surface area contributed by atoms with Crippen molar-refractivity contribution in [1.29, 1.82) is 0 Å². The first-order valence-electron chi connectivity index (χ1n) is 10.2. The van der Waals surface area contributed by atoms with Crippen molar-refractivity contribution in [2.24, 2.45) is 0 Å². The zero-order chi connectivity index (χ0) is 22.1. The Morgan fingerprint density at radius 3 is 2.42 bits per heavy atom. The molecule has 0 saturated heterocycles. The van der Waals surface area contributed by atoms with E-state index in [4.69, 9.17) is 18.6 Å². The van der Waals surface area contributed by atoms with E-state index in [-0.39, 0.29) is 12.0 Å². The van der Waals surface area contributed by atoms with Crippen molar-refractivity contribution in [2.75, 3.05) is 20.8 Å². The van der Waals surface area contributed by atoms with Gasteiger partial charge in [-0.25, -0.2) is 4.79 Å². The number of carbonyl (C=O) groups is 1. The maximum absolute atomic E-state index is 13.4. The number of carbonyl (C=O) groups excluding carboxylic acids is 1. The minimum atomic E-state index is -0.568. The van der Waals surface area contributed by atoms with Gasteiger partial charge in [-0.3, -0.25) is 4.79 Å². The summed E-state index contributed by atoms with van der Waals surface area (Å²) < 4.78 is 21.8. The predicted molar refractivity (Wildman–Crippen MR) is 116 cm³/mol. The molecule has 0 aliphatic carbocycles. The maximum Gasteiger partial charge on any atom is 0.337 e. The Hall–Kier alpha value is -3.48. The van der Waals surface area contributed by atoms with Crippen LogP contribution >= 0.6 is 0 Å². The summed E-state index contributed by atoms with van der Waals surface area (Å²) >= 11 is 0. The Morgan fingerprint density at radius 2 is 1.74 bits per heavy atom. The van der Waals surface area contributed by atoms with E-state index in [0.717, 1.165) is 11.1 Å². The molecular weight excluding hydrogens is 398 g/mol. The number of benzene rings is 2. The number of rotatable bonds is 5. The molecule has 0 radical (unpaired) electrons. The van der Waals surface area contributed by atoms with Gasteiger partial charge in [-0.2, -0.15) is 0 Å². The number of nitrogens with zero attached hydrogens (tertiary/aromatic N) is 1. The molecule has 4 rings (SSSR count). The molecule has 2 heterocycles. The van der Waals surface area contributed by atoms with Gasteiger partial charge >= 0.3 is 5.63 Å². The van der Waals surface area contributed by atoms with E-state index >= 15 is 0 Å². The summed E-state index contributed by atoms with van der Waals surface area (Å²) in [7, 11) is 3.19. The van der Waals surface area contributed by atoms with Crippen LogP contribution < -0.4 is 19.8 Å². The highest BCUT2D eigenvalue weighted by atomic mass is 16.5. The van der Waals surface area contributed by atoms with Gasteiger partial charge in [0, 0.05) is 30.6 Å². The lowest BCUT2D eigenvalue weighted by Crippen LogP contribution is -2.36. The van der Waals surface area contributed by atoms with Gasteiger partial charge < -0.3 is 23.5 Å². The molecule has 0 atom stereocenters. The van der Waals surface area contributed by atoms with Gasteiger partial charge in [-0.15, -0.1) is 0 Å². The summed E-state index contributed by atoms with van der Waals surface area (Å²) in [6, 6.07) is 10.3. The first-order chi connectivity index (χ1) is 14.9. The molecule has 0 N–H and O–H groups in total. The molecule has 0 unspecified atom stereocenters. The number of hydrogen-bond acceptors (Lipinski definition) is 6. The van der Waals surface area contributed by atoms with Crippen LogP contribution in [0, 0.1) is 0 Å². The van der Waals surface area contributed by atoms with Crippen LogP contribution in [0.15, 0.2) is 45.6 Å². The van der Waals surface area contributed by atoms with Crippen LogP contribution in [0.25, 0.3) is 11.0 Å². The number of amides is 1. The van der Waals surface area contributed by atoms with E-state index < -0.39 is 5.63 Å². The van der Waals surface area contributed by atoms with E-state index in [2.05, 4.69) is 0 Å². The Bertz CT molecular complexity index is 1200. The molecule has 7 nitrogen and oxygen atoms in total. The third-order valence-corrected chi connectivity index (χ3v) is 5.32. The van der Waals surface area contributed by atoms with Gasteiger partial charge in [0.15, 0.2) is 11.5 Å². The lowest BCUT2D eigenvalue weighted by molar-refractivity contribution is 0.0735. The third-order valence-electron chi connectivity index (χ3n) is 5.32. The van der Waals surface area contributed by atoms with Gasteiger partial charge in [-0.05, 0) is 55.7 Å². The normalized spacial score (nSPS) is 13.3. The van der Waals surface area contributed by atoms with Gasteiger partial charge in [0.05, 0.1) is 25.9 Å². The SMILES string of the molecule is COc1cc2c(cc1OC)CN(C(=O)c1cc(=O)oc3cc(OC(C)C)ccc13)CC2. The van der Waals surface area contributed by atoms with Crippen LogP contribution in [-0.4, -0.2) is 37.7 Å². The average Bonchev–Trinajstić information content (AvgIpc) is 2.75. The second-order valence-electron chi connectivity index (χ2n) is 7.76. The van der Waals surface area contributed by atoms with Crippen molar-refractivity contribution in [3.8, 4) is 17.2 Å². The second-order valence-corrected chi connectivity index (χ2v) is 7.76. The smallest absolute Gasteiger partial charge is 0.337 e. The van der Waals surface area contributed by atoms with E-state index in [9.17, 15) is 9.59 Å². The van der Waals surface area contributed by atoms with Gasteiger partial charge in [0.25, 0.3) is 5.91 Å². The highest BCUT2D eigenvalue weighted by Crippen LogP contribution is 2.34. The Kier molecular flexibility index (Phi) is 5.59. The van der Waals surface area contributed by atoms with Gasteiger partial charge in [-0.1, -0.05) is 0 Å². The maximum atomic E-state index is 13.4. The summed E-state index contributed by atoms with van der Waals surface area (Å²) in [5.41, 5.74) is 2.21. The lowest BCUT2D eigenvalue weighted by Gasteiger charge is -2.30. The van der Waals surface area contributed by atoms with Gasteiger partial charge in [0.2, 0.25) is 0 Å². The Balaban J connectivity index is 1.68. The molecule has 1 aliphatic rings. The van der Waals surface area contributed by atoms with Crippen molar-refractivity contribution in [3.63, 3.8) is 0 Å². The van der Waals surface area contributed by atoms with E-state index in [1.165, 1.54) is 6.07 Å². The summed E-state index contributed by atoms with van der Waals surface area (Å²) in [6.45, 7) is 4.79. The highest BCUT2D eigenvalue weighted by molar-refractivity contribution is 6.05. The number of methoxy groups -OCH3 is 2. The van der Waals surface area contributed by atoms with Crippen LogP contribution in [0.5, 0.6) is 17.2 Å². The van der Waals surface area contributed by atoms with Crippen LogP contribution in [-0.2, 0) is 13.0 Å². The first-order valence-corrected chi connectivity index (χ1v) is 10.2. The summed E-state index contributed by atoms with van der Waals surface area (Å²) in [4.78, 5) is 27.3. The molecule has 0 bridgehead atoms. The number of hydrogen-bond donors (Lipinski definition) is 0. The third kappa shape index (κ3) is 4.08. The van der Waals surface area contributed by atoms with Crippen LogP contribution in [0.3, 0.4) is 0 Å². The molecule has 1 aromatic heterocycles. The van der Waals surface area contributed by atoms with E-state index in [1.54, 1.807) is 37.3 Å². The van der Waals surface area contributed by atoms with Crippen molar-refractivity contribution in [2.45, 2.75) is 32.9 Å². The second kappa shape index (κ2) is 8.34. The molecule has 0 saturated carbocycles. The predicted octanol–water partition coefficient (Wildman–Crippen LogP) is 3.80. The summed E-state index contributed by atoms with van der Waals surface area (Å²) in [5, 5.41) is 0.582. The molecule has 7 heteroatoms. The molecule has 31 heavy (non-hydrogen) atoms. The molecule has 3 aromatic rings. The summed E-state index contributed by atoms with van der Waals surface area (Å²) in [5.74, 6) is 1.67. The number of ether oxygens (including phenoxy) is 3. The van der Waals surface area contributed by atoms with Crippen molar-refractivity contribution >= 4 is 16.9 Å². The lowest BCUT2D eigenvalue weighted by atomic mass is 9.97. The van der Waals surface area contributed by atoms with Crippen molar-refractivity contribution in [1.82, 2.24) is 4.90 Å². The summed E-state index contributed by atoms with van der Waals surface area (Å²) in [6.07, 6.45) is 0.672. The topological polar surface area (TPSA) is 78.2 Å². The minimum absolute atomic E-state index is 0.0157. The standard InChI is InChI=1S/C24H25NO6/c1-14(2)30-17-5-6-18-19(12-23(26)31-20(18)11-17)24(27)25-8-7-15-9-21(28-3)22(29-4)10-16(15)13-25/h5-6,9-12,14H,7-8,13H2,1-4H3. The fourth-order valence-electron chi connectivity index (χ4n) is 3.89. The fraction of sp³-hybridized carbons (Fsp3) is 0.333. The van der Waals surface area contributed by atoms with Crippen molar-refractivity contribution in [3.05, 3.63) is 63.5 Å². The zero-order valence-electron chi connectivity index (χ0n) is 18.1. The Morgan fingerprint density at radius 1 is 1.03 bits per heavy atom. The van der Waals surface area contributed by atoms with Crippen LogP contribution in [0.4, 0.5) is 0 Å². The zero-order valence-corrected chi connectivity index (χ0v) is 18.1. The minimum Gasteiger partial charge on any atom is -0.493 e. The molecule has 0 spiro atoms.